The van der Waals surface area contributed by atoms with E-state index in [0.29, 0.717) is 18.3 Å². The first kappa shape index (κ1) is 13.3. The molecule has 1 aliphatic carbocycles. The van der Waals surface area contributed by atoms with Crippen LogP contribution in [0.15, 0.2) is 18.3 Å². The van der Waals surface area contributed by atoms with Gasteiger partial charge < -0.3 is 10.1 Å². The van der Waals surface area contributed by atoms with Crippen LogP contribution >= 0.6 is 11.3 Å². The molecule has 2 aromatic heterocycles. The molecule has 0 atom stereocenters. The monoisotopic (exact) mass is 290 g/mol. The highest BCUT2D eigenvalue weighted by molar-refractivity contribution is 7.15. The zero-order valence-electron chi connectivity index (χ0n) is 11.7. The average molecular weight is 290 g/mol. The van der Waals surface area contributed by atoms with Crippen molar-refractivity contribution in [1.29, 1.82) is 0 Å². The molecule has 0 aliphatic heterocycles. The predicted molar refractivity (Wildman–Crippen MR) is 79.2 cm³/mol. The first-order chi connectivity index (χ1) is 9.70. The highest BCUT2D eigenvalue weighted by atomic mass is 32.1. The van der Waals surface area contributed by atoms with Crippen molar-refractivity contribution in [3.05, 3.63) is 28.9 Å². The van der Waals surface area contributed by atoms with Gasteiger partial charge in [0.25, 0.3) is 0 Å². The topological polar surface area (TPSA) is 59.9 Å². The third-order valence-electron chi connectivity index (χ3n) is 2.97. The molecule has 1 aliphatic rings. The summed E-state index contributed by atoms with van der Waals surface area (Å²) in [6.45, 7) is 4.69. The zero-order valence-corrected chi connectivity index (χ0v) is 12.5. The van der Waals surface area contributed by atoms with Crippen LogP contribution in [0.2, 0.25) is 0 Å². The Morgan fingerprint density at radius 1 is 1.40 bits per heavy atom. The van der Waals surface area contributed by atoms with E-state index in [4.69, 9.17) is 4.74 Å². The Bertz CT molecular complexity index is 580. The Morgan fingerprint density at radius 2 is 2.25 bits per heavy atom. The molecule has 5 nitrogen and oxygen atoms in total. The minimum atomic E-state index is 0.134. The van der Waals surface area contributed by atoms with Gasteiger partial charge >= 0.3 is 0 Å². The maximum absolute atomic E-state index is 5.59. The van der Waals surface area contributed by atoms with Gasteiger partial charge in [0, 0.05) is 24.7 Å². The van der Waals surface area contributed by atoms with Gasteiger partial charge in [0.1, 0.15) is 5.01 Å². The highest BCUT2D eigenvalue weighted by Crippen LogP contribution is 2.42. The quantitative estimate of drug-likeness (QED) is 0.885. The minimum Gasteiger partial charge on any atom is -0.475 e. The Hall–Kier alpha value is -1.69. The molecule has 6 heteroatoms. The summed E-state index contributed by atoms with van der Waals surface area (Å²) < 4.78 is 5.59. The largest absolute Gasteiger partial charge is 0.475 e. The van der Waals surface area contributed by atoms with E-state index < -0.39 is 0 Å². The molecule has 106 valence electrons. The fourth-order valence-corrected chi connectivity index (χ4v) is 2.75. The lowest BCUT2D eigenvalue weighted by Crippen LogP contribution is -2.07. The number of ether oxygens (including phenoxy) is 1. The van der Waals surface area contributed by atoms with Crippen molar-refractivity contribution < 1.29 is 4.74 Å². The molecule has 0 amide bonds. The fraction of sp³-hybridized carbons (Fsp3) is 0.500. The lowest BCUT2D eigenvalue weighted by atomic mass is 10.2. The molecule has 2 aromatic rings. The molecular weight excluding hydrogens is 272 g/mol. The summed E-state index contributed by atoms with van der Waals surface area (Å²) in [6.07, 6.45) is 4.42. The summed E-state index contributed by atoms with van der Waals surface area (Å²) in [4.78, 5) is 4.19. The zero-order chi connectivity index (χ0) is 13.9. The maximum Gasteiger partial charge on any atom is 0.213 e. The maximum atomic E-state index is 5.59. The number of anilines is 1. The Balaban J connectivity index is 1.59. The molecule has 1 fully saturated rings. The number of aromatic nitrogens is 3. The molecule has 0 radical (unpaired) electrons. The van der Waals surface area contributed by atoms with Crippen LogP contribution in [0.5, 0.6) is 5.88 Å². The van der Waals surface area contributed by atoms with Gasteiger partial charge in [-0.25, -0.2) is 4.98 Å². The van der Waals surface area contributed by atoms with Crippen molar-refractivity contribution in [1.82, 2.24) is 15.2 Å². The third kappa shape index (κ3) is 3.45. The molecule has 1 N–H and O–H groups in total. The van der Waals surface area contributed by atoms with Crippen molar-refractivity contribution in [2.75, 3.05) is 5.32 Å². The lowest BCUT2D eigenvalue weighted by Gasteiger charge is -2.09. The first-order valence-corrected chi connectivity index (χ1v) is 7.71. The standard InChI is InChI=1S/C14H18N4OS/c1-9(2)19-12-7-10(5-6-15-12)8-16-14-18-17-13(20-14)11-3-4-11/h5-7,9,11H,3-4,8H2,1-2H3,(H,16,18). The molecule has 0 bridgehead atoms. The van der Waals surface area contributed by atoms with E-state index in [2.05, 4.69) is 20.5 Å². The van der Waals surface area contributed by atoms with Crippen molar-refractivity contribution >= 4 is 16.5 Å². The number of hydrogen-bond acceptors (Lipinski definition) is 6. The number of nitrogens with zero attached hydrogens (tertiary/aromatic N) is 3. The molecular formula is C14H18N4OS. The van der Waals surface area contributed by atoms with Gasteiger partial charge in [-0.15, -0.1) is 10.2 Å². The number of hydrogen-bond donors (Lipinski definition) is 1. The molecule has 2 heterocycles. The minimum absolute atomic E-state index is 0.134. The number of nitrogens with one attached hydrogen (secondary N) is 1. The van der Waals surface area contributed by atoms with Crippen molar-refractivity contribution in [2.24, 2.45) is 0 Å². The van der Waals surface area contributed by atoms with E-state index >= 15 is 0 Å². The van der Waals surface area contributed by atoms with Crippen LogP contribution in [0.25, 0.3) is 0 Å². The summed E-state index contributed by atoms with van der Waals surface area (Å²) in [7, 11) is 0. The van der Waals surface area contributed by atoms with E-state index in [9.17, 15) is 0 Å². The van der Waals surface area contributed by atoms with Gasteiger partial charge in [-0.2, -0.15) is 0 Å². The fourth-order valence-electron chi connectivity index (χ4n) is 1.85. The van der Waals surface area contributed by atoms with E-state index in [1.807, 2.05) is 26.0 Å². The van der Waals surface area contributed by atoms with Gasteiger partial charge in [0.15, 0.2) is 0 Å². The Labute approximate surface area is 122 Å². The summed E-state index contributed by atoms with van der Waals surface area (Å²) in [5.41, 5.74) is 1.12. The first-order valence-electron chi connectivity index (χ1n) is 6.89. The SMILES string of the molecule is CC(C)Oc1cc(CNc2nnc(C3CC3)s2)ccn1. The molecule has 20 heavy (non-hydrogen) atoms. The van der Waals surface area contributed by atoms with Gasteiger partial charge in [-0.05, 0) is 38.3 Å². The van der Waals surface area contributed by atoms with E-state index in [0.717, 1.165) is 15.7 Å². The summed E-state index contributed by atoms with van der Waals surface area (Å²) in [5.74, 6) is 1.32. The molecule has 1 saturated carbocycles. The Morgan fingerprint density at radius 3 is 3.00 bits per heavy atom. The van der Waals surface area contributed by atoms with Gasteiger partial charge in [0.05, 0.1) is 6.10 Å². The summed E-state index contributed by atoms with van der Waals surface area (Å²) in [6, 6.07) is 3.93. The second kappa shape index (κ2) is 5.75. The van der Waals surface area contributed by atoms with Gasteiger partial charge in [0.2, 0.25) is 11.0 Å². The average Bonchev–Trinajstić information content (AvgIpc) is 3.16. The third-order valence-corrected chi connectivity index (χ3v) is 4.01. The van der Waals surface area contributed by atoms with Crippen LogP contribution < -0.4 is 10.1 Å². The van der Waals surface area contributed by atoms with Gasteiger partial charge in [-0.1, -0.05) is 11.3 Å². The number of pyridine rings is 1. The molecule has 0 aromatic carbocycles. The number of rotatable bonds is 6. The van der Waals surface area contributed by atoms with E-state index in [-0.39, 0.29) is 6.10 Å². The molecule has 3 rings (SSSR count). The normalized spacial score (nSPS) is 14.6. The van der Waals surface area contributed by atoms with Gasteiger partial charge in [-0.3, -0.25) is 0 Å². The Kier molecular flexibility index (Phi) is 3.82. The molecule has 0 saturated heterocycles. The van der Waals surface area contributed by atoms with Crippen molar-refractivity contribution in [3.8, 4) is 5.88 Å². The second-order valence-corrected chi connectivity index (χ2v) is 6.25. The lowest BCUT2D eigenvalue weighted by molar-refractivity contribution is 0.232. The van der Waals surface area contributed by atoms with Crippen LogP contribution in [-0.2, 0) is 6.54 Å². The van der Waals surface area contributed by atoms with Crippen LogP contribution in [0.3, 0.4) is 0 Å². The summed E-state index contributed by atoms with van der Waals surface area (Å²) >= 11 is 1.66. The van der Waals surface area contributed by atoms with E-state index in [1.165, 1.54) is 12.8 Å². The smallest absolute Gasteiger partial charge is 0.213 e. The van der Waals surface area contributed by atoms with Crippen LogP contribution in [0, 0.1) is 0 Å². The van der Waals surface area contributed by atoms with E-state index in [1.54, 1.807) is 17.5 Å². The molecule has 0 spiro atoms. The predicted octanol–water partition coefficient (Wildman–Crippen LogP) is 3.21. The van der Waals surface area contributed by atoms with Crippen LogP contribution in [-0.4, -0.2) is 21.3 Å². The molecule has 0 unspecified atom stereocenters. The highest BCUT2D eigenvalue weighted by Gasteiger charge is 2.27. The van der Waals surface area contributed by atoms with Crippen LogP contribution in [0.4, 0.5) is 5.13 Å². The van der Waals surface area contributed by atoms with Crippen molar-refractivity contribution in [3.63, 3.8) is 0 Å². The second-order valence-electron chi connectivity index (χ2n) is 5.24. The summed E-state index contributed by atoms with van der Waals surface area (Å²) in [5, 5.41) is 13.7. The van der Waals surface area contributed by atoms with Crippen LogP contribution in [0.1, 0.15) is 43.2 Å². The van der Waals surface area contributed by atoms with Crippen molar-refractivity contribution in [2.45, 2.75) is 45.3 Å².